The van der Waals surface area contributed by atoms with Crippen LogP contribution in [0.25, 0.3) is 0 Å². The molecular formula is C9H12ClNO. The predicted molar refractivity (Wildman–Crippen MR) is 47.1 cm³/mol. The first kappa shape index (κ1) is 8.11. The molecule has 12 heavy (non-hydrogen) atoms. The summed E-state index contributed by atoms with van der Waals surface area (Å²) in [6.07, 6.45) is 7.36. The van der Waals surface area contributed by atoms with Gasteiger partial charge in [-0.2, -0.15) is 0 Å². The van der Waals surface area contributed by atoms with Gasteiger partial charge >= 0.3 is 0 Å². The molecule has 0 radical (unpaired) electrons. The van der Waals surface area contributed by atoms with Crippen LogP contribution in [0.1, 0.15) is 37.8 Å². The van der Waals surface area contributed by atoms with Crippen LogP contribution in [0, 0.1) is 0 Å². The Balaban J connectivity index is 2.19. The van der Waals surface area contributed by atoms with Crippen LogP contribution in [0.2, 0.25) is 0 Å². The second-order valence-corrected chi connectivity index (χ2v) is 4.13. The normalized spacial score (nSPS) is 22.4. The van der Waals surface area contributed by atoms with E-state index in [9.17, 15) is 0 Å². The van der Waals surface area contributed by atoms with Crippen LogP contribution in [0.5, 0.6) is 0 Å². The monoisotopic (exact) mass is 185 g/mol. The van der Waals surface area contributed by atoms with Gasteiger partial charge in [0.15, 0.2) is 0 Å². The number of halogens is 1. The average Bonchev–Trinajstić information content (AvgIpc) is 2.58. The van der Waals surface area contributed by atoms with Crippen LogP contribution >= 0.6 is 11.6 Å². The van der Waals surface area contributed by atoms with Crippen molar-refractivity contribution in [3.05, 3.63) is 18.0 Å². The molecule has 1 heterocycles. The van der Waals surface area contributed by atoms with E-state index < -0.39 is 0 Å². The van der Waals surface area contributed by atoms with E-state index >= 15 is 0 Å². The molecule has 1 aliphatic carbocycles. The smallest absolute Gasteiger partial charge is 0.124 e. The molecule has 0 atom stereocenters. The van der Waals surface area contributed by atoms with Gasteiger partial charge in [0.25, 0.3) is 0 Å². The maximum atomic E-state index is 6.42. The van der Waals surface area contributed by atoms with Crippen molar-refractivity contribution < 1.29 is 4.52 Å². The van der Waals surface area contributed by atoms with E-state index in [1.807, 2.05) is 6.07 Å². The number of hydrogen-bond acceptors (Lipinski definition) is 2. The third-order valence-corrected chi connectivity index (χ3v) is 3.11. The molecule has 0 bridgehead atoms. The Hall–Kier alpha value is -0.500. The lowest BCUT2D eigenvalue weighted by atomic mass is 9.86. The summed E-state index contributed by atoms with van der Waals surface area (Å²) in [6, 6.07) is 1.87. The second kappa shape index (κ2) is 3.09. The number of nitrogens with zero attached hydrogens (tertiary/aromatic N) is 1. The third kappa shape index (κ3) is 1.36. The number of alkyl halides is 1. The Labute approximate surface area is 76.9 Å². The van der Waals surface area contributed by atoms with E-state index in [4.69, 9.17) is 16.1 Å². The van der Waals surface area contributed by atoms with Crippen molar-refractivity contribution in [2.24, 2.45) is 0 Å². The molecule has 0 amide bonds. The molecule has 0 unspecified atom stereocenters. The van der Waals surface area contributed by atoms with E-state index in [0.29, 0.717) is 0 Å². The van der Waals surface area contributed by atoms with Gasteiger partial charge in [0.1, 0.15) is 12.0 Å². The minimum Gasteiger partial charge on any atom is -0.364 e. The van der Waals surface area contributed by atoms with Gasteiger partial charge in [-0.15, -0.1) is 11.6 Å². The molecule has 1 saturated carbocycles. The maximum absolute atomic E-state index is 6.42. The Morgan fingerprint density at radius 1 is 1.33 bits per heavy atom. The largest absolute Gasteiger partial charge is 0.364 e. The van der Waals surface area contributed by atoms with Crippen LogP contribution in [0.3, 0.4) is 0 Å². The lowest BCUT2D eigenvalue weighted by Crippen LogP contribution is -2.22. The number of aromatic nitrogens is 1. The van der Waals surface area contributed by atoms with Crippen molar-refractivity contribution in [1.29, 1.82) is 0 Å². The van der Waals surface area contributed by atoms with Crippen LogP contribution < -0.4 is 0 Å². The Morgan fingerprint density at radius 3 is 2.67 bits per heavy atom. The average molecular weight is 186 g/mol. The molecule has 1 fully saturated rings. The van der Waals surface area contributed by atoms with Gasteiger partial charge in [0, 0.05) is 6.07 Å². The molecule has 1 aromatic rings. The molecule has 0 N–H and O–H groups in total. The highest BCUT2D eigenvalue weighted by atomic mass is 35.5. The molecule has 66 valence electrons. The SMILES string of the molecule is ClC1(c2ccon2)CCCCC1. The summed E-state index contributed by atoms with van der Waals surface area (Å²) in [5, 5.41) is 3.90. The zero-order valence-electron chi connectivity index (χ0n) is 6.92. The predicted octanol–water partition coefficient (Wildman–Crippen LogP) is 3.07. The standard InChI is InChI=1S/C9H12ClNO/c10-9(5-2-1-3-6-9)8-4-7-12-11-8/h4,7H,1-3,5-6H2. The number of hydrogen-bond donors (Lipinski definition) is 0. The van der Waals surface area contributed by atoms with Crippen molar-refractivity contribution in [1.82, 2.24) is 5.16 Å². The lowest BCUT2D eigenvalue weighted by Gasteiger charge is -2.28. The zero-order chi connectivity index (χ0) is 8.44. The quantitative estimate of drug-likeness (QED) is 0.629. The Morgan fingerprint density at radius 2 is 2.08 bits per heavy atom. The summed E-state index contributed by atoms with van der Waals surface area (Å²) >= 11 is 6.42. The summed E-state index contributed by atoms with van der Waals surface area (Å²) in [4.78, 5) is -0.231. The van der Waals surface area contributed by atoms with Gasteiger partial charge in [0.2, 0.25) is 0 Å². The minimum atomic E-state index is -0.231. The van der Waals surface area contributed by atoms with Crippen LogP contribution in [-0.2, 0) is 4.87 Å². The molecule has 0 aromatic carbocycles. The second-order valence-electron chi connectivity index (χ2n) is 3.41. The molecule has 3 heteroatoms. The molecule has 0 aliphatic heterocycles. The van der Waals surface area contributed by atoms with E-state index in [1.165, 1.54) is 19.3 Å². The molecule has 0 spiro atoms. The lowest BCUT2D eigenvalue weighted by molar-refractivity contribution is 0.354. The topological polar surface area (TPSA) is 26.0 Å². The fourth-order valence-corrected chi connectivity index (χ4v) is 2.18. The van der Waals surface area contributed by atoms with Gasteiger partial charge in [-0.1, -0.05) is 24.4 Å². The van der Waals surface area contributed by atoms with Gasteiger partial charge < -0.3 is 4.52 Å². The van der Waals surface area contributed by atoms with Crippen molar-refractivity contribution >= 4 is 11.6 Å². The Bertz CT molecular complexity index is 239. The van der Waals surface area contributed by atoms with Gasteiger partial charge in [-0.05, 0) is 12.8 Å². The highest BCUT2D eigenvalue weighted by Gasteiger charge is 2.33. The first-order chi connectivity index (χ1) is 5.81. The summed E-state index contributed by atoms with van der Waals surface area (Å²) in [5.74, 6) is 0. The zero-order valence-corrected chi connectivity index (χ0v) is 7.68. The van der Waals surface area contributed by atoms with Crippen molar-refractivity contribution in [2.75, 3.05) is 0 Å². The summed E-state index contributed by atoms with van der Waals surface area (Å²) in [5.41, 5.74) is 0.906. The third-order valence-electron chi connectivity index (χ3n) is 2.54. The molecule has 2 nitrogen and oxygen atoms in total. The molecule has 1 aliphatic rings. The maximum Gasteiger partial charge on any atom is 0.124 e. The highest BCUT2D eigenvalue weighted by Crippen LogP contribution is 2.41. The van der Waals surface area contributed by atoms with Crippen LogP contribution in [-0.4, -0.2) is 5.16 Å². The van der Waals surface area contributed by atoms with Gasteiger partial charge in [-0.25, -0.2) is 0 Å². The minimum absolute atomic E-state index is 0.231. The fourth-order valence-electron chi connectivity index (χ4n) is 1.81. The van der Waals surface area contributed by atoms with Crippen molar-refractivity contribution in [3.8, 4) is 0 Å². The molecule has 0 saturated heterocycles. The van der Waals surface area contributed by atoms with Crippen LogP contribution in [0.15, 0.2) is 16.9 Å². The Kier molecular flexibility index (Phi) is 2.09. The highest BCUT2D eigenvalue weighted by molar-refractivity contribution is 6.23. The van der Waals surface area contributed by atoms with E-state index in [0.717, 1.165) is 18.5 Å². The van der Waals surface area contributed by atoms with E-state index in [-0.39, 0.29) is 4.87 Å². The molecular weight excluding hydrogens is 174 g/mol. The number of rotatable bonds is 1. The summed E-state index contributed by atoms with van der Waals surface area (Å²) < 4.78 is 4.80. The molecule has 2 rings (SSSR count). The summed E-state index contributed by atoms with van der Waals surface area (Å²) in [6.45, 7) is 0. The summed E-state index contributed by atoms with van der Waals surface area (Å²) in [7, 11) is 0. The van der Waals surface area contributed by atoms with Crippen LogP contribution in [0.4, 0.5) is 0 Å². The van der Waals surface area contributed by atoms with Crippen molar-refractivity contribution in [2.45, 2.75) is 37.0 Å². The fraction of sp³-hybridized carbons (Fsp3) is 0.667. The molecule has 1 aromatic heterocycles. The van der Waals surface area contributed by atoms with Gasteiger partial charge in [0.05, 0.1) is 4.87 Å². The van der Waals surface area contributed by atoms with Crippen molar-refractivity contribution in [3.63, 3.8) is 0 Å². The van der Waals surface area contributed by atoms with E-state index in [1.54, 1.807) is 6.26 Å². The first-order valence-corrected chi connectivity index (χ1v) is 4.79. The van der Waals surface area contributed by atoms with Gasteiger partial charge in [-0.3, -0.25) is 0 Å². The first-order valence-electron chi connectivity index (χ1n) is 4.41. The van der Waals surface area contributed by atoms with E-state index in [2.05, 4.69) is 5.16 Å².